The van der Waals surface area contributed by atoms with Crippen LogP contribution in [0.4, 0.5) is 11.4 Å². The summed E-state index contributed by atoms with van der Waals surface area (Å²) in [5.41, 5.74) is -0.928. The standard InChI is InChI=1S/C32H30N2O10P2/c33-25-21-23-26(24-22-25)34(31(45(35,36)37,41-27-13-5-1-6-14-27)42-28-15-7-2-8-16-28)32(46(38,39)40,43-29-17-9-3-10-18-29)44-30-19-11-4-12-20-30/h1-24H,33H2,(H2,35,36,37)(H2,38,39,40). The van der Waals surface area contributed by atoms with E-state index in [1.54, 1.807) is 24.3 Å². The largest absolute Gasteiger partial charge is 0.451 e. The Bertz CT molecular complexity index is 1610. The SMILES string of the molecule is Nc1ccc(N(C(Oc2ccccc2)(Oc2ccccc2)P(=O)(O)O)C(Oc2ccccc2)(Oc2ccccc2)P(=O)(O)O)cc1. The van der Waals surface area contributed by atoms with Crippen molar-refractivity contribution in [2.75, 3.05) is 10.6 Å². The Morgan fingerprint density at radius 3 is 0.957 bits per heavy atom. The van der Waals surface area contributed by atoms with Crippen molar-refractivity contribution >= 4 is 26.6 Å². The van der Waals surface area contributed by atoms with Crippen molar-refractivity contribution in [1.29, 1.82) is 0 Å². The van der Waals surface area contributed by atoms with Crippen molar-refractivity contribution in [2.45, 2.75) is 11.3 Å². The Morgan fingerprint density at radius 1 is 0.457 bits per heavy atom. The first-order valence-electron chi connectivity index (χ1n) is 13.7. The summed E-state index contributed by atoms with van der Waals surface area (Å²) in [6.07, 6.45) is 0. The van der Waals surface area contributed by atoms with Gasteiger partial charge in [0.25, 0.3) is 0 Å². The van der Waals surface area contributed by atoms with Crippen molar-refractivity contribution in [3.8, 4) is 23.0 Å². The molecule has 5 aromatic carbocycles. The van der Waals surface area contributed by atoms with E-state index in [4.69, 9.17) is 24.7 Å². The van der Waals surface area contributed by atoms with E-state index >= 15 is 0 Å². The van der Waals surface area contributed by atoms with Gasteiger partial charge in [-0.25, -0.2) is 14.0 Å². The molecule has 0 aromatic heterocycles. The number of rotatable bonds is 13. The van der Waals surface area contributed by atoms with Gasteiger partial charge in [0.1, 0.15) is 23.0 Å². The highest BCUT2D eigenvalue weighted by atomic mass is 31.2. The van der Waals surface area contributed by atoms with Crippen LogP contribution in [0.1, 0.15) is 0 Å². The first-order valence-corrected chi connectivity index (χ1v) is 16.9. The number of hydrogen-bond acceptors (Lipinski definition) is 8. The molecule has 238 valence electrons. The Labute approximate surface area is 264 Å². The molecular formula is C32H30N2O10P2. The van der Waals surface area contributed by atoms with Gasteiger partial charge in [0.05, 0.1) is 5.69 Å². The summed E-state index contributed by atoms with van der Waals surface area (Å²) in [5.74, 6) is -0.551. The van der Waals surface area contributed by atoms with Gasteiger partial charge < -0.3 is 44.3 Å². The molecule has 0 aliphatic carbocycles. The summed E-state index contributed by atoms with van der Waals surface area (Å²) >= 11 is 0. The van der Waals surface area contributed by atoms with Crippen LogP contribution in [0, 0.1) is 0 Å². The molecule has 0 aliphatic rings. The van der Waals surface area contributed by atoms with Gasteiger partial charge in [-0.15, -0.1) is 0 Å². The van der Waals surface area contributed by atoms with Crippen LogP contribution in [0.3, 0.4) is 0 Å². The third-order valence-electron chi connectivity index (χ3n) is 6.43. The maximum atomic E-state index is 14.0. The average molecular weight is 665 g/mol. The van der Waals surface area contributed by atoms with Gasteiger partial charge in [-0.1, -0.05) is 72.8 Å². The molecule has 0 spiro atoms. The molecule has 0 aliphatic heterocycles. The van der Waals surface area contributed by atoms with Gasteiger partial charge in [0, 0.05) is 5.69 Å². The molecule has 46 heavy (non-hydrogen) atoms. The lowest BCUT2D eigenvalue weighted by molar-refractivity contribution is -0.143. The van der Waals surface area contributed by atoms with Crippen LogP contribution in [0.15, 0.2) is 146 Å². The van der Waals surface area contributed by atoms with Crippen LogP contribution in [0.25, 0.3) is 0 Å². The Kier molecular flexibility index (Phi) is 9.41. The number of nitrogen functional groups attached to an aromatic ring is 1. The fourth-order valence-electron chi connectivity index (χ4n) is 4.42. The van der Waals surface area contributed by atoms with Gasteiger partial charge in [0.2, 0.25) is 0 Å². The minimum absolute atomic E-state index is 0.138. The summed E-state index contributed by atoms with van der Waals surface area (Å²) in [6, 6.07) is 35.1. The molecule has 0 heterocycles. The zero-order valence-electron chi connectivity index (χ0n) is 24.0. The zero-order valence-corrected chi connectivity index (χ0v) is 25.8. The Hall–Kier alpha value is -4.80. The third kappa shape index (κ3) is 6.88. The van der Waals surface area contributed by atoms with E-state index in [9.17, 15) is 28.7 Å². The van der Waals surface area contributed by atoms with Crippen LogP contribution < -0.4 is 29.6 Å². The van der Waals surface area contributed by atoms with Gasteiger partial charge >= 0.3 is 26.5 Å². The fourth-order valence-corrected chi connectivity index (χ4v) is 6.41. The second kappa shape index (κ2) is 13.3. The summed E-state index contributed by atoms with van der Waals surface area (Å²) in [6.45, 7) is 0. The second-order valence-corrected chi connectivity index (χ2v) is 13.1. The first-order chi connectivity index (χ1) is 21.9. The van der Waals surface area contributed by atoms with E-state index in [-0.39, 0.29) is 34.4 Å². The lowest BCUT2D eigenvalue weighted by Gasteiger charge is -2.50. The Morgan fingerprint density at radius 2 is 0.717 bits per heavy atom. The van der Waals surface area contributed by atoms with Crippen LogP contribution in [0.2, 0.25) is 0 Å². The van der Waals surface area contributed by atoms with Crippen LogP contribution >= 0.6 is 15.2 Å². The highest BCUT2D eigenvalue weighted by Gasteiger charge is 2.73. The lowest BCUT2D eigenvalue weighted by Crippen LogP contribution is -2.70. The number of para-hydroxylation sites is 4. The quantitative estimate of drug-likeness (QED) is 0.0566. The molecule has 6 N–H and O–H groups in total. The van der Waals surface area contributed by atoms with Gasteiger partial charge in [-0.2, -0.15) is 0 Å². The molecule has 0 radical (unpaired) electrons. The van der Waals surface area contributed by atoms with Gasteiger partial charge in [-0.05, 0) is 72.8 Å². The van der Waals surface area contributed by atoms with Gasteiger partial charge in [-0.3, -0.25) is 0 Å². The van der Waals surface area contributed by atoms with Crippen molar-refractivity contribution in [3.05, 3.63) is 146 Å². The van der Waals surface area contributed by atoms with E-state index in [1.165, 1.54) is 121 Å². The molecule has 0 saturated carbocycles. The zero-order chi connectivity index (χ0) is 32.8. The summed E-state index contributed by atoms with van der Waals surface area (Å²) < 4.78 is 52.5. The molecule has 0 amide bonds. The minimum Gasteiger partial charge on any atom is -0.426 e. The summed E-state index contributed by atoms with van der Waals surface area (Å²) in [4.78, 5) is 45.8. The number of nitrogens with zero attached hydrogens (tertiary/aromatic N) is 1. The van der Waals surface area contributed by atoms with Crippen molar-refractivity contribution in [2.24, 2.45) is 0 Å². The minimum atomic E-state index is -5.90. The number of ether oxygens (including phenoxy) is 4. The molecular weight excluding hydrogens is 634 g/mol. The number of hydrogen-bond donors (Lipinski definition) is 5. The highest BCUT2D eigenvalue weighted by molar-refractivity contribution is 7.54. The molecule has 0 saturated heterocycles. The van der Waals surface area contributed by atoms with Crippen LogP contribution in [0.5, 0.6) is 23.0 Å². The molecule has 12 nitrogen and oxygen atoms in total. The third-order valence-corrected chi connectivity index (χ3v) is 8.67. The van der Waals surface area contributed by atoms with Crippen molar-refractivity contribution in [3.63, 3.8) is 0 Å². The maximum Gasteiger partial charge on any atom is 0.451 e. The highest BCUT2D eigenvalue weighted by Crippen LogP contribution is 2.63. The molecule has 5 rings (SSSR count). The first kappa shape index (κ1) is 32.6. The predicted octanol–water partition coefficient (Wildman–Crippen LogP) is 5.97. The van der Waals surface area contributed by atoms with E-state index < -0.39 is 26.5 Å². The van der Waals surface area contributed by atoms with Crippen molar-refractivity contribution in [1.82, 2.24) is 0 Å². The van der Waals surface area contributed by atoms with E-state index in [2.05, 4.69) is 0 Å². The van der Waals surface area contributed by atoms with E-state index in [0.29, 0.717) is 4.90 Å². The average Bonchev–Trinajstić information content (AvgIpc) is 3.03. The smallest absolute Gasteiger partial charge is 0.426 e. The molecule has 5 aromatic rings. The number of anilines is 2. The fraction of sp³-hybridized carbons (Fsp3) is 0.0625. The second-order valence-electron chi connectivity index (χ2n) is 9.77. The Balaban J connectivity index is 1.93. The van der Waals surface area contributed by atoms with Crippen LogP contribution in [-0.4, -0.2) is 30.9 Å². The maximum absolute atomic E-state index is 14.0. The van der Waals surface area contributed by atoms with E-state index in [0.717, 1.165) is 0 Å². The molecule has 0 bridgehead atoms. The summed E-state index contributed by atoms with van der Waals surface area (Å²) in [5, 5.41) is 0. The van der Waals surface area contributed by atoms with Crippen molar-refractivity contribution < 1.29 is 47.7 Å². The molecule has 14 heteroatoms. The lowest BCUT2D eigenvalue weighted by atomic mass is 10.2. The molecule has 0 fully saturated rings. The van der Waals surface area contributed by atoms with Crippen LogP contribution in [-0.2, 0) is 9.13 Å². The summed E-state index contributed by atoms with van der Waals surface area (Å²) in [7, 11) is -11.8. The monoisotopic (exact) mass is 664 g/mol. The predicted molar refractivity (Wildman–Crippen MR) is 171 cm³/mol. The van der Waals surface area contributed by atoms with Gasteiger partial charge in [0.15, 0.2) is 0 Å². The van der Waals surface area contributed by atoms with E-state index in [1.807, 2.05) is 0 Å². The number of nitrogens with two attached hydrogens (primary N) is 1. The normalized spacial score (nSPS) is 12.2. The topological polar surface area (TPSA) is 181 Å². The molecule has 0 unspecified atom stereocenters. The number of benzene rings is 5. The molecule has 0 atom stereocenters.